The minimum Gasteiger partial charge on any atom is -0.507 e. The number of aliphatic hydroxyl groups is 1. The fourth-order valence-corrected chi connectivity index (χ4v) is 4.12. The van der Waals surface area contributed by atoms with E-state index in [0.29, 0.717) is 11.3 Å². The van der Waals surface area contributed by atoms with Gasteiger partial charge < -0.3 is 14.7 Å². The number of aliphatic hydroxyl groups excluding tert-OH is 1. The molecule has 0 aliphatic carbocycles. The van der Waals surface area contributed by atoms with Crippen molar-refractivity contribution in [1.82, 2.24) is 9.88 Å². The van der Waals surface area contributed by atoms with Crippen molar-refractivity contribution in [2.75, 3.05) is 7.11 Å². The van der Waals surface area contributed by atoms with E-state index in [0.717, 1.165) is 22.3 Å². The Morgan fingerprint density at radius 3 is 2.50 bits per heavy atom. The molecular formula is C26H24N2O4. The van der Waals surface area contributed by atoms with Crippen LogP contribution in [0.1, 0.15) is 33.9 Å². The molecular weight excluding hydrogens is 404 g/mol. The third-order valence-corrected chi connectivity index (χ3v) is 5.79. The van der Waals surface area contributed by atoms with Gasteiger partial charge in [-0.1, -0.05) is 30.3 Å². The fourth-order valence-electron chi connectivity index (χ4n) is 4.12. The molecule has 1 fully saturated rings. The van der Waals surface area contributed by atoms with Gasteiger partial charge in [-0.25, -0.2) is 0 Å². The number of methoxy groups -OCH3 is 1. The second-order valence-electron chi connectivity index (χ2n) is 7.83. The quantitative estimate of drug-likeness (QED) is 0.372. The maximum Gasteiger partial charge on any atom is 0.295 e. The van der Waals surface area contributed by atoms with E-state index in [1.165, 1.54) is 4.90 Å². The molecule has 1 N–H and O–H groups in total. The molecule has 0 saturated carbocycles. The summed E-state index contributed by atoms with van der Waals surface area (Å²) in [5.74, 6) is -0.887. The number of carbonyl (C=O) groups excluding carboxylic acids is 2. The van der Waals surface area contributed by atoms with E-state index >= 15 is 0 Å². The van der Waals surface area contributed by atoms with Crippen LogP contribution in [0.2, 0.25) is 0 Å². The standard InChI is InChI=1S/C26H24N2O4/c1-16-7-4-5-9-20(16)23-22(24(29)21-11-10-19(32-3)13-17(21)2)25(30)26(31)28(23)15-18-8-6-12-27-14-18/h4-14,23,29H,15H2,1-3H3/b24-22+. The first-order valence-electron chi connectivity index (χ1n) is 10.3. The number of hydrogen-bond acceptors (Lipinski definition) is 5. The van der Waals surface area contributed by atoms with Crippen LogP contribution in [0.3, 0.4) is 0 Å². The molecule has 0 radical (unpaired) electrons. The van der Waals surface area contributed by atoms with Crippen LogP contribution in [-0.4, -0.2) is 33.8 Å². The van der Waals surface area contributed by atoms with E-state index < -0.39 is 17.7 Å². The van der Waals surface area contributed by atoms with Crippen molar-refractivity contribution in [3.05, 3.63) is 100 Å². The Hall–Kier alpha value is -3.93. The first-order valence-corrected chi connectivity index (χ1v) is 10.3. The molecule has 3 aromatic rings. The Morgan fingerprint density at radius 1 is 1.06 bits per heavy atom. The molecule has 32 heavy (non-hydrogen) atoms. The zero-order valence-corrected chi connectivity index (χ0v) is 18.2. The number of aromatic nitrogens is 1. The van der Waals surface area contributed by atoms with E-state index in [2.05, 4.69) is 4.98 Å². The Bertz CT molecular complexity index is 1220. The van der Waals surface area contributed by atoms with Gasteiger partial charge in [-0.2, -0.15) is 0 Å². The molecule has 4 rings (SSSR count). The van der Waals surface area contributed by atoms with Gasteiger partial charge >= 0.3 is 0 Å². The maximum atomic E-state index is 13.2. The van der Waals surface area contributed by atoms with E-state index in [1.807, 2.05) is 44.2 Å². The van der Waals surface area contributed by atoms with Crippen molar-refractivity contribution in [3.8, 4) is 5.75 Å². The lowest BCUT2D eigenvalue weighted by molar-refractivity contribution is -0.140. The summed E-state index contributed by atoms with van der Waals surface area (Å²) in [5, 5.41) is 11.3. The molecule has 1 unspecified atom stereocenters. The van der Waals surface area contributed by atoms with Gasteiger partial charge in [0, 0.05) is 24.5 Å². The second-order valence-corrected chi connectivity index (χ2v) is 7.83. The molecule has 1 saturated heterocycles. The molecule has 1 amide bonds. The zero-order valence-electron chi connectivity index (χ0n) is 18.2. The number of carbonyl (C=O) groups is 2. The second kappa shape index (κ2) is 8.67. The van der Waals surface area contributed by atoms with Crippen LogP contribution in [0.5, 0.6) is 5.75 Å². The molecule has 0 bridgehead atoms. The van der Waals surface area contributed by atoms with Gasteiger partial charge in [-0.3, -0.25) is 14.6 Å². The topological polar surface area (TPSA) is 79.7 Å². The van der Waals surface area contributed by atoms with Crippen LogP contribution in [0, 0.1) is 13.8 Å². The molecule has 2 heterocycles. The van der Waals surface area contributed by atoms with Gasteiger partial charge in [0.1, 0.15) is 11.5 Å². The normalized spacial score (nSPS) is 17.6. The summed E-state index contributed by atoms with van der Waals surface area (Å²) in [6, 6.07) is 15.7. The number of ketones is 1. The third-order valence-electron chi connectivity index (χ3n) is 5.79. The van der Waals surface area contributed by atoms with Crippen molar-refractivity contribution >= 4 is 17.4 Å². The minimum atomic E-state index is -0.710. The number of ether oxygens (including phenoxy) is 1. The number of hydrogen-bond donors (Lipinski definition) is 1. The lowest BCUT2D eigenvalue weighted by Gasteiger charge is -2.26. The third kappa shape index (κ3) is 3.75. The van der Waals surface area contributed by atoms with Gasteiger partial charge in [0.2, 0.25) is 0 Å². The number of amides is 1. The van der Waals surface area contributed by atoms with E-state index in [4.69, 9.17) is 4.74 Å². The van der Waals surface area contributed by atoms with Crippen LogP contribution in [0.25, 0.3) is 5.76 Å². The molecule has 0 spiro atoms. The SMILES string of the molecule is COc1ccc(/C(O)=C2\C(=O)C(=O)N(Cc3cccnc3)C2c2ccccc2C)c(C)c1. The first-order chi connectivity index (χ1) is 15.4. The summed E-state index contributed by atoms with van der Waals surface area (Å²) in [4.78, 5) is 32.0. The van der Waals surface area contributed by atoms with Gasteiger partial charge in [-0.15, -0.1) is 0 Å². The number of aryl methyl sites for hydroxylation is 2. The number of pyridine rings is 1. The maximum absolute atomic E-state index is 13.2. The van der Waals surface area contributed by atoms with Crippen molar-refractivity contribution in [1.29, 1.82) is 0 Å². The number of Topliss-reactive ketones (excluding diaryl/α,β-unsaturated/α-hetero) is 1. The number of benzene rings is 2. The van der Waals surface area contributed by atoms with Crippen molar-refractivity contribution < 1.29 is 19.4 Å². The molecule has 6 heteroatoms. The van der Waals surface area contributed by atoms with Gasteiger partial charge in [-0.05, 0) is 60.4 Å². The molecule has 1 aliphatic rings. The first kappa shape index (κ1) is 21.3. The smallest absolute Gasteiger partial charge is 0.295 e. The van der Waals surface area contributed by atoms with E-state index in [1.54, 1.807) is 43.8 Å². The van der Waals surface area contributed by atoms with Crippen molar-refractivity contribution in [3.63, 3.8) is 0 Å². The van der Waals surface area contributed by atoms with Crippen LogP contribution >= 0.6 is 0 Å². The number of likely N-dealkylation sites (tertiary alicyclic amines) is 1. The lowest BCUT2D eigenvalue weighted by Crippen LogP contribution is -2.29. The Kier molecular flexibility index (Phi) is 5.77. The summed E-state index contributed by atoms with van der Waals surface area (Å²) in [5.41, 5.74) is 3.83. The molecule has 162 valence electrons. The van der Waals surface area contributed by atoms with E-state index in [-0.39, 0.29) is 17.9 Å². The molecule has 2 aromatic carbocycles. The lowest BCUT2D eigenvalue weighted by atomic mass is 9.91. The summed E-state index contributed by atoms with van der Waals surface area (Å²) >= 11 is 0. The molecule has 6 nitrogen and oxygen atoms in total. The van der Waals surface area contributed by atoms with Gasteiger partial charge in [0.15, 0.2) is 0 Å². The van der Waals surface area contributed by atoms with Gasteiger partial charge in [0.25, 0.3) is 11.7 Å². The van der Waals surface area contributed by atoms with Crippen molar-refractivity contribution in [2.45, 2.75) is 26.4 Å². The zero-order chi connectivity index (χ0) is 22.8. The largest absolute Gasteiger partial charge is 0.507 e. The predicted molar refractivity (Wildman–Crippen MR) is 121 cm³/mol. The van der Waals surface area contributed by atoms with Crippen molar-refractivity contribution in [2.24, 2.45) is 0 Å². The summed E-state index contributed by atoms with van der Waals surface area (Å²) in [6.07, 6.45) is 3.32. The highest BCUT2D eigenvalue weighted by molar-refractivity contribution is 6.46. The Balaban J connectivity index is 1.90. The van der Waals surface area contributed by atoms with Gasteiger partial charge in [0.05, 0.1) is 18.7 Å². The summed E-state index contributed by atoms with van der Waals surface area (Å²) in [7, 11) is 1.57. The average molecular weight is 428 g/mol. The summed E-state index contributed by atoms with van der Waals surface area (Å²) < 4.78 is 5.25. The Labute approximate surface area is 186 Å². The predicted octanol–water partition coefficient (Wildman–Crippen LogP) is 4.33. The monoisotopic (exact) mass is 428 g/mol. The van der Waals surface area contributed by atoms with Crippen LogP contribution < -0.4 is 4.74 Å². The highest BCUT2D eigenvalue weighted by Gasteiger charge is 2.46. The Morgan fingerprint density at radius 2 is 1.84 bits per heavy atom. The average Bonchev–Trinajstić information content (AvgIpc) is 3.04. The van der Waals surface area contributed by atoms with Crippen LogP contribution in [0.15, 0.2) is 72.6 Å². The van der Waals surface area contributed by atoms with E-state index in [9.17, 15) is 14.7 Å². The minimum absolute atomic E-state index is 0.0847. The molecule has 1 atom stereocenters. The molecule has 1 aliphatic heterocycles. The fraction of sp³-hybridized carbons (Fsp3) is 0.192. The number of nitrogens with zero attached hydrogens (tertiary/aromatic N) is 2. The summed E-state index contributed by atoms with van der Waals surface area (Å²) in [6.45, 7) is 3.96. The highest BCUT2D eigenvalue weighted by atomic mass is 16.5. The van der Waals surface area contributed by atoms with Crippen LogP contribution in [-0.2, 0) is 16.1 Å². The highest BCUT2D eigenvalue weighted by Crippen LogP contribution is 2.41. The number of rotatable bonds is 5. The molecule has 1 aromatic heterocycles. The van der Waals surface area contributed by atoms with Crippen LogP contribution in [0.4, 0.5) is 0 Å².